The van der Waals surface area contributed by atoms with Gasteiger partial charge in [-0.15, -0.1) is 24.0 Å². The van der Waals surface area contributed by atoms with E-state index >= 15 is 0 Å². The molecule has 0 amide bonds. The van der Waals surface area contributed by atoms with E-state index in [2.05, 4.69) is 72.4 Å². The van der Waals surface area contributed by atoms with Gasteiger partial charge < -0.3 is 10.2 Å². The average molecular weight is 519 g/mol. The SMILES string of the molecule is CCN=C(NC1CC1c1ccc(Br)cc1)N(C)Cc1ncnn1C.I. The summed E-state index contributed by atoms with van der Waals surface area (Å²) in [7, 11) is 3.94. The van der Waals surface area contributed by atoms with E-state index < -0.39 is 0 Å². The lowest BCUT2D eigenvalue weighted by Crippen LogP contribution is -2.40. The van der Waals surface area contributed by atoms with Crippen LogP contribution in [0.3, 0.4) is 0 Å². The predicted octanol–water partition coefficient (Wildman–Crippen LogP) is 3.15. The van der Waals surface area contributed by atoms with Gasteiger partial charge >= 0.3 is 0 Å². The van der Waals surface area contributed by atoms with Crippen molar-refractivity contribution in [3.63, 3.8) is 0 Å². The molecule has 3 rings (SSSR count). The Balaban J connectivity index is 0.00000225. The molecule has 1 heterocycles. The molecule has 25 heavy (non-hydrogen) atoms. The highest BCUT2D eigenvalue weighted by Crippen LogP contribution is 2.41. The lowest BCUT2D eigenvalue weighted by Gasteiger charge is -2.22. The van der Waals surface area contributed by atoms with Crippen molar-refractivity contribution in [1.82, 2.24) is 25.0 Å². The second-order valence-corrected chi connectivity index (χ2v) is 7.01. The van der Waals surface area contributed by atoms with E-state index in [4.69, 9.17) is 0 Å². The standard InChI is InChI=1S/C17H23BrN6.HI/c1-4-19-17(23(2)10-16-20-11-21-24(16)3)22-15-9-14(15)12-5-7-13(18)8-6-12;/h5-8,11,14-15H,4,9-10H2,1-3H3,(H,19,22);1H. The Morgan fingerprint density at radius 3 is 2.72 bits per heavy atom. The molecule has 6 nitrogen and oxygen atoms in total. The van der Waals surface area contributed by atoms with Gasteiger partial charge in [0.1, 0.15) is 12.2 Å². The topological polar surface area (TPSA) is 58.3 Å². The van der Waals surface area contributed by atoms with Gasteiger partial charge in [0, 0.05) is 37.1 Å². The molecular weight excluding hydrogens is 495 g/mol. The minimum absolute atomic E-state index is 0. The fraction of sp³-hybridized carbons (Fsp3) is 0.471. The van der Waals surface area contributed by atoms with Crippen molar-refractivity contribution in [2.24, 2.45) is 12.0 Å². The summed E-state index contributed by atoms with van der Waals surface area (Å²) in [5, 5.41) is 7.72. The van der Waals surface area contributed by atoms with E-state index in [0.717, 1.165) is 29.2 Å². The molecule has 2 aromatic rings. The second-order valence-electron chi connectivity index (χ2n) is 6.10. The number of guanidine groups is 1. The van der Waals surface area contributed by atoms with Gasteiger partial charge in [-0.25, -0.2) is 4.98 Å². The van der Waals surface area contributed by atoms with Gasteiger partial charge in [-0.1, -0.05) is 28.1 Å². The molecule has 0 aliphatic heterocycles. The summed E-state index contributed by atoms with van der Waals surface area (Å²) in [4.78, 5) is 11.0. The minimum atomic E-state index is 0. The summed E-state index contributed by atoms with van der Waals surface area (Å²) >= 11 is 3.49. The summed E-state index contributed by atoms with van der Waals surface area (Å²) < 4.78 is 2.91. The van der Waals surface area contributed by atoms with E-state index in [-0.39, 0.29) is 24.0 Å². The third-order valence-electron chi connectivity index (χ3n) is 4.26. The van der Waals surface area contributed by atoms with Crippen molar-refractivity contribution < 1.29 is 0 Å². The third-order valence-corrected chi connectivity index (χ3v) is 4.78. The molecule has 1 fully saturated rings. The van der Waals surface area contributed by atoms with Crippen molar-refractivity contribution in [3.8, 4) is 0 Å². The van der Waals surface area contributed by atoms with Crippen LogP contribution >= 0.6 is 39.9 Å². The van der Waals surface area contributed by atoms with Gasteiger partial charge in [0.2, 0.25) is 0 Å². The molecule has 1 aliphatic rings. The molecule has 0 spiro atoms. The van der Waals surface area contributed by atoms with Crippen LogP contribution < -0.4 is 5.32 Å². The normalized spacial score (nSPS) is 19.3. The van der Waals surface area contributed by atoms with Gasteiger partial charge in [0.15, 0.2) is 5.96 Å². The highest BCUT2D eigenvalue weighted by Gasteiger charge is 2.39. The highest BCUT2D eigenvalue weighted by molar-refractivity contribution is 14.0. The molecule has 1 aromatic carbocycles. The van der Waals surface area contributed by atoms with Gasteiger partial charge in [0.05, 0.1) is 6.54 Å². The van der Waals surface area contributed by atoms with Crippen molar-refractivity contribution in [2.75, 3.05) is 13.6 Å². The number of benzene rings is 1. The molecular formula is C17H24BrIN6. The van der Waals surface area contributed by atoms with Gasteiger partial charge in [-0.05, 0) is 31.0 Å². The lowest BCUT2D eigenvalue weighted by atomic mass is 10.1. The summed E-state index contributed by atoms with van der Waals surface area (Å²) in [6.07, 6.45) is 2.72. The molecule has 1 N–H and O–H groups in total. The van der Waals surface area contributed by atoms with Crippen molar-refractivity contribution >= 4 is 45.9 Å². The molecule has 0 bridgehead atoms. The number of aromatic nitrogens is 3. The van der Waals surface area contributed by atoms with E-state index in [1.165, 1.54) is 5.56 Å². The maximum absolute atomic E-state index is 4.62. The van der Waals surface area contributed by atoms with Gasteiger partial charge in [0.25, 0.3) is 0 Å². The Morgan fingerprint density at radius 2 is 2.12 bits per heavy atom. The molecule has 2 unspecified atom stereocenters. The Morgan fingerprint density at radius 1 is 1.40 bits per heavy atom. The zero-order chi connectivity index (χ0) is 17.1. The summed E-state index contributed by atoms with van der Waals surface area (Å²) in [5.41, 5.74) is 1.38. The lowest BCUT2D eigenvalue weighted by molar-refractivity contribution is 0.446. The fourth-order valence-corrected chi connectivity index (χ4v) is 3.04. The van der Waals surface area contributed by atoms with Crippen LogP contribution in [0, 0.1) is 0 Å². The summed E-state index contributed by atoms with van der Waals surface area (Å²) in [6.45, 7) is 3.48. The van der Waals surface area contributed by atoms with E-state index in [9.17, 15) is 0 Å². The molecule has 0 radical (unpaired) electrons. The number of hydrogen-bond donors (Lipinski definition) is 1. The van der Waals surface area contributed by atoms with Crippen LogP contribution in [0.2, 0.25) is 0 Å². The number of halogens is 2. The zero-order valence-electron chi connectivity index (χ0n) is 14.7. The first-order valence-corrected chi connectivity index (χ1v) is 8.98. The molecule has 1 aromatic heterocycles. The Labute approximate surface area is 174 Å². The number of nitrogens with zero attached hydrogens (tertiary/aromatic N) is 5. The maximum Gasteiger partial charge on any atom is 0.194 e. The van der Waals surface area contributed by atoms with Crippen molar-refractivity contribution in [3.05, 3.63) is 46.5 Å². The molecule has 1 aliphatic carbocycles. The zero-order valence-corrected chi connectivity index (χ0v) is 18.6. The van der Waals surface area contributed by atoms with Crippen molar-refractivity contribution in [1.29, 1.82) is 0 Å². The Bertz CT molecular complexity index is 714. The monoisotopic (exact) mass is 518 g/mol. The van der Waals surface area contributed by atoms with Crippen LogP contribution in [0.5, 0.6) is 0 Å². The van der Waals surface area contributed by atoms with Crippen LogP contribution in [0.1, 0.15) is 30.7 Å². The summed E-state index contributed by atoms with van der Waals surface area (Å²) in [5.74, 6) is 2.40. The number of aliphatic imine (C=N–C) groups is 1. The summed E-state index contributed by atoms with van der Waals surface area (Å²) in [6, 6.07) is 9.03. The molecule has 2 atom stereocenters. The quantitative estimate of drug-likeness (QED) is 0.375. The smallest absolute Gasteiger partial charge is 0.194 e. The minimum Gasteiger partial charge on any atom is -0.353 e. The van der Waals surface area contributed by atoms with Crippen LogP contribution in [-0.4, -0.2) is 45.3 Å². The van der Waals surface area contributed by atoms with Gasteiger partial charge in [-0.2, -0.15) is 5.10 Å². The molecule has 1 saturated carbocycles. The van der Waals surface area contributed by atoms with Crippen LogP contribution in [-0.2, 0) is 13.6 Å². The highest BCUT2D eigenvalue weighted by atomic mass is 127. The maximum atomic E-state index is 4.62. The van der Waals surface area contributed by atoms with E-state index in [0.29, 0.717) is 18.5 Å². The van der Waals surface area contributed by atoms with E-state index in [1.54, 1.807) is 11.0 Å². The van der Waals surface area contributed by atoms with Crippen LogP contribution in [0.25, 0.3) is 0 Å². The molecule has 8 heteroatoms. The van der Waals surface area contributed by atoms with Crippen LogP contribution in [0.15, 0.2) is 40.1 Å². The average Bonchev–Trinajstić information content (AvgIpc) is 3.22. The number of rotatable bonds is 5. The fourth-order valence-electron chi connectivity index (χ4n) is 2.78. The van der Waals surface area contributed by atoms with E-state index in [1.807, 2.05) is 14.1 Å². The first-order chi connectivity index (χ1) is 11.6. The third kappa shape index (κ3) is 5.16. The number of aryl methyl sites for hydroxylation is 1. The number of nitrogens with one attached hydrogen (secondary N) is 1. The van der Waals surface area contributed by atoms with Gasteiger partial charge in [-0.3, -0.25) is 9.67 Å². The second kappa shape index (κ2) is 8.98. The largest absolute Gasteiger partial charge is 0.353 e. The number of hydrogen-bond acceptors (Lipinski definition) is 3. The predicted molar refractivity (Wildman–Crippen MR) is 114 cm³/mol. The van der Waals surface area contributed by atoms with Crippen molar-refractivity contribution in [2.45, 2.75) is 31.8 Å². The van der Waals surface area contributed by atoms with Crippen LogP contribution in [0.4, 0.5) is 0 Å². The molecule has 0 saturated heterocycles. The molecule has 136 valence electrons. The first-order valence-electron chi connectivity index (χ1n) is 8.19. The Hall–Kier alpha value is -1.16. The first kappa shape index (κ1) is 20.2. The Kier molecular flexibility index (Phi) is 7.24.